The molecule has 11 heavy (non-hydrogen) atoms. The molecule has 1 rings (SSSR count). The SMILES string of the molecule is COC(=O)CCC(O)=C1CC1. The molecule has 1 N–H and O–H groups in total. The molecule has 0 aliphatic heterocycles. The average molecular weight is 156 g/mol. The predicted molar refractivity (Wildman–Crippen MR) is 40.1 cm³/mol. The molecule has 1 aliphatic rings. The molecule has 0 aromatic rings. The molecule has 0 bridgehead atoms. The molecule has 3 nitrogen and oxygen atoms in total. The summed E-state index contributed by atoms with van der Waals surface area (Å²) in [6.45, 7) is 0. The van der Waals surface area contributed by atoms with Crippen LogP contribution in [0.1, 0.15) is 25.7 Å². The van der Waals surface area contributed by atoms with E-state index in [2.05, 4.69) is 4.74 Å². The van der Waals surface area contributed by atoms with Crippen molar-refractivity contribution in [3.63, 3.8) is 0 Å². The number of ether oxygens (including phenoxy) is 1. The number of esters is 1. The molecule has 0 radical (unpaired) electrons. The van der Waals surface area contributed by atoms with Crippen LogP contribution < -0.4 is 0 Å². The highest BCUT2D eigenvalue weighted by atomic mass is 16.5. The van der Waals surface area contributed by atoms with Crippen LogP contribution in [0.5, 0.6) is 0 Å². The van der Waals surface area contributed by atoms with Crippen molar-refractivity contribution in [2.75, 3.05) is 7.11 Å². The van der Waals surface area contributed by atoms with Crippen molar-refractivity contribution < 1.29 is 14.6 Å². The van der Waals surface area contributed by atoms with Crippen molar-refractivity contribution in [2.24, 2.45) is 0 Å². The van der Waals surface area contributed by atoms with Crippen molar-refractivity contribution in [3.8, 4) is 0 Å². The van der Waals surface area contributed by atoms with Gasteiger partial charge in [0.05, 0.1) is 19.3 Å². The number of carbonyl (C=O) groups excluding carboxylic acids is 1. The highest BCUT2D eigenvalue weighted by molar-refractivity contribution is 5.69. The summed E-state index contributed by atoms with van der Waals surface area (Å²) >= 11 is 0. The minimum absolute atomic E-state index is 0.266. The third-order valence-electron chi connectivity index (χ3n) is 1.70. The van der Waals surface area contributed by atoms with E-state index in [-0.39, 0.29) is 12.4 Å². The Bertz CT molecular complexity index is 188. The van der Waals surface area contributed by atoms with Crippen molar-refractivity contribution in [2.45, 2.75) is 25.7 Å². The summed E-state index contributed by atoms with van der Waals surface area (Å²) in [5.74, 6) is 0.119. The third kappa shape index (κ3) is 2.62. The van der Waals surface area contributed by atoms with E-state index in [1.54, 1.807) is 0 Å². The van der Waals surface area contributed by atoms with Crippen molar-refractivity contribution in [1.29, 1.82) is 0 Å². The first-order valence-corrected chi connectivity index (χ1v) is 3.70. The van der Waals surface area contributed by atoms with Gasteiger partial charge in [-0.15, -0.1) is 0 Å². The van der Waals surface area contributed by atoms with Gasteiger partial charge < -0.3 is 9.84 Å². The van der Waals surface area contributed by atoms with Gasteiger partial charge in [-0.25, -0.2) is 0 Å². The lowest BCUT2D eigenvalue weighted by atomic mass is 10.2. The Hall–Kier alpha value is -0.990. The molecule has 0 atom stereocenters. The first-order chi connectivity index (χ1) is 5.24. The predicted octanol–water partition coefficient (Wildman–Crippen LogP) is 1.55. The fourth-order valence-electron chi connectivity index (χ4n) is 0.850. The normalized spacial score (nSPS) is 14.5. The molecule has 0 amide bonds. The van der Waals surface area contributed by atoms with Crippen LogP contribution in [0.25, 0.3) is 0 Å². The van der Waals surface area contributed by atoms with E-state index in [4.69, 9.17) is 0 Å². The average Bonchev–Trinajstić information content (AvgIpc) is 2.81. The zero-order chi connectivity index (χ0) is 8.27. The maximum absolute atomic E-state index is 10.6. The fourth-order valence-corrected chi connectivity index (χ4v) is 0.850. The Balaban J connectivity index is 2.22. The largest absolute Gasteiger partial charge is 0.512 e. The molecule has 1 saturated carbocycles. The van der Waals surface area contributed by atoms with Crippen molar-refractivity contribution >= 4 is 5.97 Å². The van der Waals surface area contributed by atoms with E-state index in [9.17, 15) is 9.90 Å². The Kier molecular flexibility index (Phi) is 2.52. The van der Waals surface area contributed by atoms with Gasteiger partial charge in [0.15, 0.2) is 0 Å². The summed E-state index contributed by atoms with van der Waals surface area (Å²) in [6, 6.07) is 0. The van der Waals surface area contributed by atoms with Crippen molar-refractivity contribution in [1.82, 2.24) is 0 Å². The van der Waals surface area contributed by atoms with E-state index < -0.39 is 0 Å². The summed E-state index contributed by atoms with van der Waals surface area (Å²) < 4.78 is 4.43. The first-order valence-electron chi connectivity index (χ1n) is 3.70. The Morgan fingerprint density at radius 3 is 2.64 bits per heavy atom. The topological polar surface area (TPSA) is 46.5 Å². The van der Waals surface area contributed by atoms with Crippen LogP contribution in [0, 0.1) is 0 Å². The molecule has 62 valence electrons. The van der Waals surface area contributed by atoms with Crippen LogP contribution >= 0.6 is 0 Å². The van der Waals surface area contributed by atoms with Gasteiger partial charge in [-0.2, -0.15) is 0 Å². The van der Waals surface area contributed by atoms with Crippen molar-refractivity contribution in [3.05, 3.63) is 11.3 Å². The summed E-state index contributed by atoms with van der Waals surface area (Å²) in [6.07, 6.45) is 2.70. The fraction of sp³-hybridized carbons (Fsp3) is 0.625. The van der Waals surface area contributed by atoms with E-state index in [1.807, 2.05) is 0 Å². The molecule has 0 aromatic heterocycles. The Morgan fingerprint density at radius 1 is 1.55 bits per heavy atom. The highest BCUT2D eigenvalue weighted by Gasteiger charge is 2.17. The molecule has 0 spiro atoms. The number of carbonyl (C=O) groups is 1. The summed E-state index contributed by atoms with van der Waals surface area (Å²) in [5.41, 5.74) is 1.09. The standard InChI is InChI=1S/C8H12O3/c1-11-8(10)5-4-7(9)6-2-3-6/h9H,2-5H2,1H3. The number of aliphatic hydroxyl groups is 1. The van der Waals surface area contributed by atoms with Gasteiger partial charge in [0.1, 0.15) is 0 Å². The zero-order valence-corrected chi connectivity index (χ0v) is 6.59. The molecule has 0 aromatic carbocycles. The number of hydrogen-bond donors (Lipinski definition) is 1. The third-order valence-corrected chi connectivity index (χ3v) is 1.70. The smallest absolute Gasteiger partial charge is 0.305 e. The van der Waals surface area contributed by atoms with E-state index in [1.165, 1.54) is 7.11 Å². The molecular weight excluding hydrogens is 144 g/mol. The molecule has 3 heteroatoms. The van der Waals surface area contributed by atoms with Crippen LogP contribution in [0.2, 0.25) is 0 Å². The summed E-state index contributed by atoms with van der Waals surface area (Å²) in [7, 11) is 1.35. The minimum atomic E-state index is -0.266. The minimum Gasteiger partial charge on any atom is -0.512 e. The van der Waals surface area contributed by atoms with E-state index >= 15 is 0 Å². The Morgan fingerprint density at radius 2 is 2.18 bits per heavy atom. The lowest BCUT2D eigenvalue weighted by molar-refractivity contribution is -0.140. The lowest BCUT2D eigenvalue weighted by Crippen LogP contribution is -2.00. The number of hydrogen-bond acceptors (Lipinski definition) is 3. The first kappa shape index (κ1) is 8.11. The molecule has 1 aliphatic carbocycles. The summed E-state index contributed by atoms with van der Waals surface area (Å²) in [4.78, 5) is 10.6. The van der Waals surface area contributed by atoms with Gasteiger partial charge in [0.2, 0.25) is 0 Å². The van der Waals surface area contributed by atoms with Crippen LogP contribution in [-0.2, 0) is 9.53 Å². The second-order valence-electron chi connectivity index (χ2n) is 2.63. The van der Waals surface area contributed by atoms with E-state index in [0.29, 0.717) is 12.2 Å². The molecular formula is C8H12O3. The van der Waals surface area contributed by atoms with Crippen LogP contribution in [0.4, 0.5) is 0 Å². The maximum Gasteiger partial charge on any atom is 0.305 e. The van der Waals surface area contributed by atoms with Gasteiger partial charge in [-0.3, -0.25) is 4.79 Å². The molecule has 0 unspecified atom stereocenters. The molecule has 0 saturated heterocycles. The second kappa shape index (κ2) is 3.42. The number of aliphatic hydroxyl groups excluding tert-OH is 1. The lowest BCUT2D eigenvalue weighted by Gasteiger charge is -1.97. The van der Waals surface area contributed by atoms with Gasteiger partial charge in [0, 0.05) is 6.42 Å². The highest BCUT2D eigenvalue weighted by Crippen LogP contribution is 2.31. The van der Waals surface area contributed by atoms with Gasteiger partial charge >= 0.3 is 5.97 Å². The monoisotopic (exact) mass is 156 g/mol. The second-order valence-corrected chi connectivity index (χ2v) is 2.63. The van der Waals surface area contributed by atoms with Crippen LogP contribution in [0.3, 0.4) is 0 Å². The Labute approximate surface area is 65.7 Å². The number of allylic oxidation sites excluding steroid dienone is 2. The van der Waals surface area contributed by atoms with Gasteiger partial charge in [0.25, 0.3) is 0 Å². The quantitative estimate of drug-likeness (QED) is 0.498. The molecule has 0 heterocycles. The summed E-state index contributed by atoms with van der Waals surface area (Å²) in [5, 5.41) is 9.21. The van der Waals surface area contributed by atoms with Gasteiger partial charge in [-0.1, -0.05) is 0 Å². The van der Waals surface area contributed by atoms with Crippen LogP contribution in [-0.4, -0.2) is 18.2 Å². The molecule has 1 fully saturated rings. The van der Waals surface area contributed by atoms with Crippen LogP contribution in [0.15, 0.2) is 11.3 Å². The van der Waals surface area contributed by atoms with E-state index in [0.717, 1.165) is 18.4 Å². The zero-order valence-electron chi connectivity index (χ0n) is 6.59. The number of methoxy groups -OCH3 is 1. The maximum atomic E-state index is 10.6. The number of rotatable bonds is 3. The van der Waals surface area contributed by atoms with Gasteiger partial charge in [-0.05, 0) is 18.4 Å².